The molecule has 1 aliphatic rings. The van der Waals surface area contributed by atoms with E-state index in [2.05, 4.69) is 22.0 Å². The third kappa shape index (κ3) is 5.41. The van der Waals surface area contributed by atoms with Crippen molar-refractivity contribution in [2.75, 3.05) is 13.1 Å². The molecule has 0 unspecified atom stereocenters. The number of pyridine rings is 1. The molecule has 1 aliphatic heterocycles. The van der Waals surface area contributed by atoms with E-state index in [0.29, 0.717) is 18.1 Å². The van der Waals surface area contributed by atoms with Crippen molar-refractivity contribution in [2.45, 2.75) is 31.7 Å². The predicted molar refractivity (Wildman–Crippen MR) is 104 cm³/mol. The molecule has 0 spiro atoms. The lowest BCUT2D eigenvalue weighted by atomic mass is 9.86. The van der Waals surface area contributed by atoms with Crippen LogP contribution in [0.25, 0.3) is 0 Å². The largest absolute Gasteiger partial charge is 0.508 e. The molecule has 5 nitrogen and oxygen atoms in total. The number of aromatic nitrogens is 1. The summed E-state index contributed by atoms with van der Waals surface area (Å²) in [5.74, 6) is 0.226. The van der Waals surface area contributed by atoms with Crippen molar-refractivity contribution in [2.24, 2.45) is 5.92 Å². The van der Waals surface area contributed by atoms with Gasteiger partial charge in [-0.25, -0.2) is 0 Å². The van der Waals surface area contributed by atoms with Gasteiger partial charge in [0.1, 0.15) is 5.75 Å². The topological polar surface area (TPSA) is 73.7 Å². The highest BCUT2D eigenvalue weighted by Crippen LogP contribution is 2.39. The number of carboxylic acid groups (broad SMARTS) is 1. The van der Waals surface area contributed by atoms with E-state index in [9.17, 15) is 9.90 Å². The fourth-order valence-corrected chi connectivity index (χ4v) is 3.83. The second-order valence-corrected chi connectivity index (χ2v) is 7.12. The average molecular weight is 366 g/mol. The summed E-state index contributed by atoms with van der Waals surface area (Å²) in [6, 6.07) is 11.6. The van der Waals surface area contributed by atoms with Gasteiger partial charge in [-0.1, -0.05) is 36.4 Å². The summed E-state index contributed by atoms with van der Waals surface area (Å²) in [6.07, 6.45) is 9.33. The molecular formula is C22H26N2O3. The summed E-state index contributed by atoms with van der Waals surface area (Å²) < 4.78 is 0. The molecule has 1 saturated heterocycles. The summed E-state index contributed by atoms with van der Waals surface area (Å²) in [4.78, 5) is 17.2. The molecule has 0 saturated carbocycles. The molecule has 0 bridgehead atoms. The first kappa shape index (κ1) is 19.1. The Kier molecular flexibility index (Phi) is 6.60. The van der Waals surface area contributed by atoms with E-state index in [-0.39, 0.29) is 12.3 Å². The van der Waals surface area contributed by atoms with Crippen LogP contribution in [0.4, 0.5) is 0 Å². The van der Waals surface area contributed by atoms with Crippen molar-refractivity contribution >= 4 is 5.97 Å². The van der Waals surface area contributed by atoms with E-state index < -0.39 is 5.97 Å². The maximum atomic E-state index is 10.6. The smallest absolute Gasteiger partial charge is 0.303 e. The summed E-state index contributed by atoms with van der Waals surface area (Å²) in [7, 11) is 0. The second-order valence-electron chi connectivity index (χ2n) is 7.12. The first-order chi connectivity index (χ1) is 13.1. The number of phenols is 1. The number of allylic oxidation sites excluding steroid dienone is 2. The van der Waals surface area contributed by atoms with Crippen molar-refractivity contribution in [1.82, 2.24) is 9.88 Å². The molecule has 1 aromatic heterocycles. The number of phenolic OH excluding ortho intramolecular Hbond substituents is 1. The van der Waals surface area contributed by atoms with Crippen LogP contribution in [0.5, 0.6) is 5.75 Å². The number of hydrogen-bond acceptors (Lipinski definition) is 4. The number of hydrogen-bond donors (Lipinski definition) is 2. The molecule has 3 rings (SSSR count). The molecule has 1 fully saturated rings. The van der Waals surface area contributed by atoms with Gasteiger partial charge in [-0.3, -0.25) is 14.7 Å². The SMILES string of the molecule is O=C(O)CCC=CC[C@@H]1CN(Cc2cccnc2)C[C@@H]1c1ccccc1O. The molecule has 2 aromatic rings. The fourth-order valence-electron chi connectivity index (χ4n) is 3.83. The van der Waals surface area contributed by atoms with Gasteiger partial charge in [0.2, 0.25) is 0 Å². The van der Waals surface area contributed by atoms with Gasteiger partial charge in [-0.15, -0.1) is 0 Å². The number of carboxylic acids is 1. The Balaban J connectivity index is 1.69. The highest BCUT2D eigenvalue weighted by atomic mass is 16.4. The Morgan fingerprint density at radius 3 is 2.78 bits per heavy atom. The molecular weight excluding hydrogens is 340 g/mol. The van der Waals surface area contributed by atoms with Crippen LogP contribution in [0.15, 0.2) is 60.9 Å². The lowest BCUT2D eigenvalue weighted by molar-refractivity contribution is -0.136. The molecule has 27 heavy (non-hydrogen) atoms. The Hall–Kier alpha value is -2.66. The van der Waals surface area contributed by atoms with Crippen molar-refractivity contribution in [1.29, 1.82) is 0 Å². The lowest BCUT2D eigenvalue weighted by Gasteiger charge is -2.18. The van der Waals surface area contributed by atoms with E-state index in [1.807, 2.05) is 36.5 Å². The zero-order chi connectivity index (χ0) is 19.1. The molecule has 5 heteroatoms. The maximum absolute atomic E-state index is 10.6. The predicted octanol–water partition coefficient (Wildman–Crippen LogP) is 3.81. The minimum absolute atomic E-state index is 0.164. The fraction of sp³-hybridized carbons (Fsp3) is 0.364. The van der Waals surface area contributed by atoms with Gasteiger partial charge < -0.3 is 10.2 Å². The average Bonchev–Trinajstić information content (AvgIpc) is 3.05. The Morgan fingerprint density at radius 2 is 2.04 bits per heavy atom. The zero-order valence-electron chi connectivity index (χ0n) is 15.4. The van der Waals surface area contributed by atoms with Crippen LogP contribution in [0.1, 0.15) is 36.3 Å². The molecule has 0 amide bonds. The van der Waals surface area contributed by atoms with Gasteiger partial charge >= 0.3 is 5.97 Å². The van der Waals surface area contributed by atoms with Gasteiger partial charge in [0.15, 0.2) is 0 Å². The van der Waals surface area contributed by atoms with Crippen molar-refractivity contribution in [3.05, 3.63) is 72.1 Å². The number of likely N-dealkylation sites (tertiary alicyclic amines) is 1. The van der Waals surface area contributed by atoms with Crippen LogP contribution < -0.4 is 0 Å². The maximum Gasteiger partial charge on any atom is 0.303 e. The van der Waals surface area contributed by atoms with E-state index in [1.165, 1.54) is 5.56 Å². The second kappa shape index (κ2) is 9.33. The molecule has 2 atom stereocenters. The molecule has 2 heterocycles. The number of aliphatic carboxylic acids is 1. The Morgan fingerprint density at radius 1 is 1.19 bits per heavy atom. The summed E-state index contributed by atoms with van der Waals surface area (Å²) in [6.45, 7) is 2.68. The minimum Gasteiger partial charge on any atom is -0.508 e. The van der Waals surface area contributed by atoms with Gasteiger partial charge in [0, 0.05) is 44.4 Å². The van der Waals surface area contributed by atoms with E-state index in [1.54, 1.807) is 12.3 Å². The molecule has 2 N–H and O–H groups in total. The first-order valence-corrected chi connectivity index (χ1v) is 9.39. The van der Waals surface area contributed by atoms with Crippen LogP contribution in [-0.2, 0) is 11.3 Å². The van der Waals surface area contributed by atoms with Gasteiger partial charge in [0.05, 0.1) is 0 Å². The van der Waals surface area contributed by atoms with Gasteiger partial charge in [0.25, 0.3) is 0 Å². The van der Waals surface area contributed by atoms with E-state index in [0.717, 1.165) is 31.6 Å². The highest BCUT2D eigenvalue weighted by molar-refractivity contribution is 5.66. The van der Waals surface area contributed by atoms with Crippen LogP contribution in [0.2, 0.25) is 0 Å². The zero-order valence-corrected chi connectivity index (χ0v) is 15.4. The number of para-hydroxylation sites is 1. The van der Waals surface area contributed by atoms with Crippen LogP contribution in [0, 0.1) is 5.92 Å². The first-order valence-electron chi connectivity index (χ1n) is 9.39. The van der Waals surface area contributed by atoms with Crippen molar-refractivity contribution in [3.8, 4) is 5.75 Å². The van der Waals surface area contributed by atoms with Crippen molar-refractivity contribution in [3.63, 3.8) is 0 Å². The number of nitrogens with zero attached hydrogens (tertiary/aromatic N) is 2. The summed E-state index contributed by atoms with van der Waals surface area (Å²) in [5.41, 5.74) is 2.18. The summed E-state index contributed by atoms with van der Waals surface area (Å²) in [5, 5.41) is 19.1. The number of rotatable bonds is 8. The van der Waals surface area contributed by atoms with Crippen LogP contribution >= 0.6 is 0 Å². The normalized spacial score (nSPS) is 20.3. The van der Waals surface area contributed by atoms with E-state index in [4.69, 9.17) is 5.11 Å². The number of benzene rings is 1. The van der Waals surface area contributed by atoms with Gasteiger partial charge in [-0.05, 0) is 42.0 Å². The number of carbonyl (C=O) groups is 1. The quantitative estimate of drug-likeness (QED) is 0.695. The molecule has 0 aliphatic carbocycles. The molecule has 142 valence electrons. The lowest BCUT2D eigenvalue weighted by Crippen LogP contribution is -2.20. The third-order valence-electron chi connectivity index (χ3n) is 5.11. The summed E-state index contributed by atoms with van der Waals surface area (Å²) >= 11 is 0. The van der Waals surface area contributed by atoms with Crippen molar-refractivity contribution < 1.29 is 15.0 Å². The highest BCUT2D eigenvalue weighted by Gasteiger charge is 2.34. The Labute approximate surface area is 160 Å². The Bertz CT molecular complexity index is 776. The van der Waals surface area contributed by atoms with Gasteiger partial charge in [-0.2, -0.15) is 0 Å². The molecule has 1 aromatic carbocycles. The number of aromatic hydroxyl groups is 1. The minimum atomic E-state index is -0.768. The third-order valence-corrected chi connectivity index (χ3v) is 5.11. The monoisotopic (exact) mass is 366 g/mol. The standard InChI is InChI=1S/C22H26N2O3/c25-21-10-5-4-9-19(21)20-16-24(14-17-7-6-12-23-13-17)15-18(20)8-2-1-3-11-22(26)27/h1-2,4-7,9-10,12-13,18,20,25H,3,8,11,14-16H2,(H,26,27)/t18-,20+/m1/s1. The van der Waals surface area contributed by atoms with E-state index >= 15 is 0 Å². The van der Waals surface area contributed by atoms with Crippen LogP contribution in [-0.4, -0.2) is 39.2 Å². The molecule has 0 radical (unpaired) electrons. The van der Waals surface area contributed by atoms with Crippen LogP contribution in [0.3, 0.4) is 0 Å².